The maximum Gasteiger partial charge on any atom is -0.0120 e. The lowest BCUT2D eigenvalue weighted by atomic mass is 9.92. The van der Waals surface area contributed by atoms with E-state index in [2.05, 4.69) is 51.1 Å². The Morgan fingerprint density at radius 3 is 2.05 bits per heavy atom. The molecule has 0 bridgehead atoms. The van der Waals surface area contributed by atoms with E-state index in [1.807, 2.05) is 0 Å². The zero-order chi connectivity index (χ0) is 15.1. The minimum atomic E-state index is 1.23. The summed E-state index contributed by atoms with van der Waals surface area (Å²) >= 11 is 0. The Balaban J connectivity index is 2.32. The molecule has 0 heterocycles. The molecular formula is C21H30. The van der Waals surface area contributed by atoms with E-state index in [-0.39, 0.29) is 0 Å². The summed E-state index contributed by atoms with van der Waals surface area (Å²) in [6.45, 7) is 6.82. The average Bonchev–Trinajstić information content (AvgIpc) is 2.50. The van der Waals surface area contributed by atoms with Gasteiger partial charge in [-0.15, -0.1) is 0 Å². The molecule has 0 fully saturated rings. The van der Waals surface area contributed by atoms with Gasteiger partial charge in [-0.2, -0.15) is 0 Å². The third kappa shape index (κ3) is 4.09. The number of hydrogen-bond donors (Lipinski definition) is 0. The van der Waals surface area contributed by atoms with E-state index in [4.69, 9.17) is 0 Å². The van der Waals surface area contributed by atoms with Gasteiger partial charge >= 0.3 is 0 Å². The lowest BCUT2D eigenvalue weighted by Gasteiger charge is -2.13. The molecule has 0 spiro atoms. The molecule has 0 aromatic heterocycles. The SMILES string of the molecule is CCCCCc1ccc(C)c2c(CCCCC)cccc12. The van der Waals surface area contributed by atoms with Gasteiger partial charge in [-0.3, -0.25) is 0 Å². The zero-order valence-electron chi connectivity index (χ0n) is 14.0. The Morgan fingerprint density at radius 2 is 1.38 bits per heavy atom. The van der Waals surface area contributed by atoms with E-state index in [1.54, 1.807) is 11.1 Å². The van der Waals surface area contributed by atoms with Crippen LogP contribution in [-0.4, -0.2) is 0 Å². The lowest BCUT2D eigenvalue weighted by molar-refractivity contribution is 0.717. The molecule has 0 N–H and O–H groups in total. The third-order valence-electron chi connectivity index (χ3n) is 4.52. The summed E-state index contributed by atoms with van der Waals surface area (Å²) in [4.78, 5) is 0. The van der Waals surface area contributed by atoms with Crippen molar-refractivity contribution < 1.29 is 0 Å². The molecule has 0 atom stereocenters. The van der Waals surface area contributed by atoms with Gasteiger partial charge in [0.1, 0.15) is 0 Å². The third-order valence-corrected chi connectivity index (χ3v) is 4.52. The number of hydrogen-bond acceptors (Lipinski definition) is 0. The topological polar surface area (TPSA) is 0 Å². The van der Waals surface area contributed by atoms with Gasteiger partial charge < -0.3 is 0 Å². The van der Waals surface area contributed by atoms with Crippen LogP contribution in [0.4, 0.5) is 0 Å². The number of fused-ring (bicyclic) bond motifs is 1. The summed E-state index contributed by atoms with van der Waals surface area (Å²) in [5.74, 6) is 0. The summed E-state index contributed by atoms with van der Waals surface area (Å²) in [6.07, 6.45) is 10.4. The van der Waals surface area contributed by atoms with Crippen LogP contribution in [0.2, 0.25) is 0 Å². The van der Waals surface area contributed by atoms with Crippen LogP contribution in [0.25, 0.3) is 10.8 Å². The molecule has 0 aliphatic rings. The van der Waals surface area contributed by atoms with Gasteiger partial charge in [-0.25, -0.2) is 0 Å². The van der Waals surface area contributed by atoms with Crippen molar-refractivity contribution in [1.29, 1.82) is 0 Å². The molecule has 2 aromatic rings. The lowest BCUT2D eigenvalue weighted by Crippen LogP contribution is -1.94. The van der Waals surface area contributed by atoms with Crippen LogP contribution in [0.1, 0.15) is 69.1 Å². The van der Waals surface area contributed by atoms with Crippen molar-refractivity contribution in [3.8, 4) is 0 Å². The van der Waals surface area contributed by atoms with Crippen molar-refractivity contribution >= 4 is 10.8 Å². The molecule has 0 unspecified atom stereocenters. The predicted molar refractivity (Wildman–Crippen MR) is 95.1 cm³/mol. The average molecular weight is 282 g/mol. The second kappa shape index (κ2) is 8.22. The highest BCUT2D eigenvalue weighted by molar-refractivity contribution is 5.91. The number of unbranched alkanes of at least 4 members (excludes halogenated alkanes) is 4. The summed E-state index contributed by atoms with van der Waals surface area (Å²) in [5.41, 5.74) is 4.54. The first-order valence-corrected chi connectivity index (χ1v) is 8.78. The maximum atomic E-state index is 2.35. The molecule has 0 amide bonds. The normalized spacial score (nSPS) is 11.2. The Labute approximate surface area is 130 Å². The zero-order valence-corrected chi connectivity index (χ0v) is 14.0. The molecule has 0 radical (unpaired) electrons. The molecule has 21 heavy (non-hydrogen) atoms. The van der Waals surface area contributed by atoms with E-state index >= 15 is 0 Å². The van der Waals surface area contributed by atoms with Crippen molar-refractivity contribution in [2.24, 2.45) is 0 Å². The second-order valence-electron chi connectivity index (χ2n) is 6.30. The largest absolute Gasteiger partial charge is 0.0654 e. The molecule has 0 nitrogen and oxygen atoms in total. The summed E-state index contributed by atoms with van der Waals surface area (Å²) in [7, 11) is 0. The Bertz CT molecular complexity index is 566. The smallest absolute Gasteiger partial charge is 0.0120 e. The van der Waals surface area contributed by atoms with E-state index < -0.39 is 0 Å². The van der Waals surface area contributed by atoms with Gasteiger partial charge in [0.05, 0.1) is 0 Å². The highest BCUT2D eigenvalue weighted by Gasteiger charge is 2.07. The first kappa shape index (κ1) is 16.1. The van der Waals surface area contributed by atoms with Crippen molar-refractivity contribution in [2.45, 2.75) is 72.1 Å². The van der Waals surface area contributed by atoms with Crippen LogP contribution < -0.4 is 0 Å². The first-order chi connectivity index (χ1) is 10.3. The van der Waals surface area contributed by atoms with Crippen molar-refractivity contribution in [2.75, 3.05) is 0 Å². The van der Waals surface area contributed by atoms with Crippen molar-refractivity contribution in [3.05, 3.63) is 47.0 Å². The van der Waals surface area contributed by atoms with E-state index in [1.165, 1.54) is 67.7 Å². The van der Waals surface area contributed by atoms with Crippen LogP contribution in [0.5, 0.6) is 0 Å². The van der Waals surface area contributed by atoms with Gasteiger partial charge in [0.2, 0.25) is 0 Å². The molecule has 2 rings (SSSR count). The summed E-state index contributed by atoms with van der Waals surface area (Å²) in [5, 5.41) is 3.03. The fraction of sp³-hybridized carbons (Fsp3) is 0.524. The highest BCUT2D eigenvalue weighted by Crippen LogP contribution is 2.28. The maximum absolute atomic E-state index is 2.35. The molecule has 0 aliphatic carbocycles. The monoisotopic (exact) mass is 282 g/mol. The van der Waals surface area contributed by atoms with Crippen LogP contribution in [0.3, 0.4) is 0 Å². The van der Waals surface area contributed by atoms with E-state index in [0.29, 0.717) is 0 Å². The summed E-state index contributed by atoms with van der Waals surface area (Å²) < 4.78 is 0. The highest BCUT2D eigenvalue weighted by atomic mass is 14.1. The van der Waals surface area contributed by atoms with Crippen molar-refractivity contribution in [1.82, 2.24) is 0 Å². The molecule has 0 aliphatic heterocycles. The molecule has 0 saturated carbocycles. The quantitative estimate of drug-likeness (QED) is 0.478. The van der Waals surface area contributed by atoms with Crippen molar-refractivity contribution in [3.63, 3.8) is 0 Å². The second-order valence-corrected chi connectivity index (χ2v) is 6.30. The molecular weight excluding hydrogens is 252 g/mol. The molecule has 114 valence electrons. The minimum absolute atomic E-state index is 1.23. The Morgan fingerprint density at radius 1 is 0.714 bits per heavy atom. The van der Waals surface area contributed by atoms with Gasteiger partial charge in [-0.1, -0.05) is 69.9 Å². The van der Waals surface area contributed by atoms with E-state index in [9.17, 15) is 0 Å². The predicted octanol–water partition coefficient (Wildman–Crippen LogP) is 6.61. The molecule has 2 aromatic carbocycles. The fourth-order valence-corrected chi connectivity index (χ4v) is 3.29. The summed E-state index contributed by atoms with van der Waals surface area (Å²) in [6, 6.07) is 11.6. The Hall–Kier alpha value is -1.30. The van der Waals surface area contributed by atoms with Crippen LogP contribution in [-0.2, 0) is 12.8 Å². The molecule has 0 saturated heterocycles. The number of rotatable bonds is 8. The first-order valence-electron chi connectivity index (χ1n) is 8.78. The van der Waals surface area contributed by atoms with Gasteiger partial charge in [-0.05, 0) is 60.1 Å². The van der Waals surface area contributed by atoms with E-state index in [0.717, 1.165) is 0 Å². The molecule has 0 heteroatoms. The minimum Gasteiger partial charge on any atom is -0.0654 e. The Kier molecular flexibility index (Phi) is 6.29. The van der Waals surface area contributed by atoms with Gasteiger partial charge in [0.15, 0.2) is 0 Å². The van der Waals surface area contributed by atoms with Crippen LogP contribution in [0, 0.1) is 6.92 Å². The number of benzene rings is 2. The van der Waals surface area contributed by atoms with Crippen LogP contribution in [0.15, 0.2) is 30.3 Å². The van der Waals surface area contributed by atoms with Gasteiger partial charge in [0.25, 0.3) is 0 Å². The fourth-order valence-electron chi connectivity index (χ4n) is 3.29. The van der Waals surface area contributed by atoms with Crippen LogP contribution >= 0.6 is 0 Å². The standard InChI is InChI=1S/C21H30/c1-4-6-8-11-18-16-15-17(3)21-19(12-9-7-5-2)13-10-14-20(18)21/h10,13-16H,4-9,11-12H2,1-3H3. The number of aryl methyl sites for hydroxylation is 3. The van der Waals surface area contributed by atoms with Gasteiger partial charge in [0, 0.05) is 0 Å².